The van der Waals surface area contributed by atoms with Gasteiger partial charge in [0.2, 0.25) is 0 Å². The van der Waals surface area contributed by atoms with E-state index in [1.165, 1.54) is 36.9 Å². The molecule has 3 nitrogen and oxygen atoms in total. The molecule has 0 atom stereocenters. The van der Waals surface area contributed by atoms with Crippen molar-refractivity contribution in [2.75, 3.05) is 0 Å². The van der Waals surface area contributed by atoms with Crippen molar-refractivity contribution in [1.82, 2.24) is 9.97 Å². The average molecular weight is 237 g/mol. The van der Waals surface area contributed by atoms with Gasteiger partial charge in [-0.1, -0.05) is 17.7 Å². The first-order valence-corrected chi connectivity index (χ1v) is 4.81. The molecule has 1 aromatic carbocycles. The Bertz CT molecular complexity index is 531. The van der Waals surface area contributed by atoms with Gasteiger partial charge in [0.25, 0.3) is 0 Å². The van der Waals surface area contributed by atoms with Crippen molar-refractivity contribution < 1.29 is 9.18 Å². The van der Waals surface area contributed by atoms with E-state index < -0.39 is 11.6 Å². The number of ketones is 1. The van der Waals surface area contributed by atoms with Gasteiger partial charge in [0, 0.05) is 12.4 Å². The second kappa shape index (κ2) is 4.37. The maximum Gasteiger partial charge on any atom is 0.199 e. The molecule has 0 saturated carbocycles. The van der Waals surface area contributed by atoms with Crippen LogP contribution in [0.25, 0.3) is 0 Å². The molecule has 0 aliphatic carbocycles. The molecular formula is C11H6ClFN2O. The molecule has 1 heterocycles. The molecule has 1 aromatic heterocycles. The third-order valence-electron chi connectivity index (χ3n) is 2.02. The summed E-state index contributed by atoms with van der Waals surface area (Å²) in [6.45, 7) is 0. The first-order chi connectivity index (χ1) is 7.70. The molecule has 2 rings (SSSR count). The summed E-state index contributed by atoms with van der Waals surface area (Å²) in [5.41, 5.74) is 0.144. The normalized spacial score (nSPS) is 10.1. The van der Waals surface area contributed by atoms with Crippen molar-refractivity contribution in [3.63, 3.8) is 0 Å². The van der Waals surface area contributed by atoms with Crippen LogP contribution in [0.15, 0.2) is 36.9 Å². The van der Waals surface area contributed by atoms with Crippen LogP contribution in [0, 0.1) is 5.82 Å². The lowest BCUT2D eigenvalue weighted by Crippen LogP contribution is -2.05. The fraction of sp³-hybridized carbons (Fsp3) is 0. The summed E-state index contributed by atoms with van der Waals surface area (Å²) in [5, 5.41) is -0.0808. The summed E-state index contributed by atoms with van der Waals surface area (Å²) in [6, 6.07) is 4.27. The highest BCUT2D eigenvalue weighted by molar-refractivity contribution is 6.31. The summed E-state index contributed by atoms with van der Waals surface area (Å²) in [4.78, 5) is 19.2. The van der Waals surface area contributed by atoms with E-state index in [2.05, 4.69) is 9.97 Å². The fourth-order valence-electron chi connectivity index (χ4n) is 1.25. The molecule has 16 heavy (non-hydrogen) atoms. The number of carbonyl (C=O) groups is 1. The number of hydrogen-bond acceptors (Lipinski definition) is 3. The average Bonchev–Trinajstić information content (AvgIpc) is 2.33. The number of rotatable bonds is 2. The fourth-order valence-corrected chi connectivity index (χ4v) is 1.43. The zero-order valence-electron chi connectivity index (χ0n) is 8.02. The molecule has 5 heteroatoms. The summed E-state index contributed by atoms with van der Waals surface area (Å²) in [6.07, 6.45) is 3.95. The first-order valence-electron chi connectivity index (χ1n) is 4.44. The van der Waals surface area contributed by atoms with Gasteiger partial charge >= 0.3 is 0 Å². The molecule has 0 aliphatic rings. The Hall–Kier alpha value is -1.81. The van der Waals surface area contributed by atoms with Crippen LogP contribution in [0.3, 0.4) is 0 Å². The Kier molecular flexibility index (Phi) is 2.92. The minimum atomic E-state index is -0.724. The number of halogens is 2. The largest absolute Gasteiger partial charge is 0.288 e. The van der Waals surface area contributed by atoms with Gasteiger partial charge in [-0.3, -0.25) is 4.79 Å². The first kappa shape index (κ1) is 10.7. The third kappa shape index (κ3) is 1.92. The van der Waals surface area contributed by atoms with E-state index in [9.17, 15) is 9.18 Å². The van der Waals surface area contributed by atoms with Gasteiger partial charge < -0.3 is 0 Å². The van der Waals surface area contributed by atoms with E-state index in [0.29, 0.717) is 0 Å². The smallest absolute Gasteiger partial charge is 0.199 e. The highest BCUT2D eigenvalue weighted by Crippen LogP contribution is 2.19. The predicted octanol–water partition coefficient (Wildman–Crippen LogP) is 2.50. The molecule has 0 fully saturated rings. The van der Waals surface area contributed by atoms with E-state index in [0.717, 1.165) is 0 Å². The lowest BCUT2D eigenvalue weighted by atomic mass is 10.1. The zero-order chi connectivity index (χ0) is 11.5. The van der Waals surface area contributed by atoms with Gasteiger partial charge in [0.05, 0.1) is 16.1 Å². The van der Waals surface area contributed by atoms with Crippen LogP contribution in [0.2, 0.25) is 5.02 Å². The molecule has 2 aromatic rings. The summed E-state index contributed by atoms with van der Waals surface area (Å²) in [5.74, 6) is -1.21. The number of aromatic nitrogens is 2. The Balaban J connectivity index is 2.46. The van der Waals surface area contributed by atoms with Crippen LogP contribution in [0.1, 0.15) is 15.9 Å². The number of carbonyl (C=O) groups excluding carboxylic acids is 1. The van der Waals surface area contributed by atoms with Crippen molar-refractivity contribution in [1.29, 1.82) is 0 Å². The van der Waals surface area contributed by atoms with Gasteiger partial charge in [0.1, 0.15) is 6.33 Å². The molecule has 80 valence electrons. The van der Waals surface area contributed by atoms with Gasteiger partial charge in [-0.05, 0) is 12.1 Å². The SMILES string of the molecule is O=C(c1cncnc1)c1cccc(Cl)c1F. The van der Waals surface area contributed by atoms with Gasteiger partial charge in [0.15, 0.2) is 11.6 Å². The van der Waals surface area contributed by atoms with E-state index in [-0.39, 0.29) is 16.1 Å². The molecule has 0 saturated heterocycles. The van der Waals surface area contributed by atoms with Crippen molar-refractivity contribution in [3.8, 4) is 0 Å². The van der Waals surface area contributed by atoms with E-state index in [1.807, 2.05) is 0 Å². The number of nitrogens with zero attached hydrogens (tertiary/aromatic N) is 2. The zero-order valence-corrected chi connectivity index (χ0v) is 8.78. The standard InChI is InChI=1S/C11H6ClFN2O/c12-9-3-1-2-8(10(9)13)11(16)7-4-14-6-15-5-7/h1-6H. The lowest BCUT2D eigenvalue weighted by molar-refractivity contribution is 0.103. The van der Waals surface area contributed by atoms with Crippen LogP contribution < -0.4 is 0 Å². The van der Waals surface area contributed by atoms with Crippen molar-refractivity contribution in [3.05, 3.63) is 58.9 Å². The molecule has 0 aliphatic heterocycles. The predicted molar refractivity (Wildman–Crippen MR) is 56.9 cm³/mol. The highest BCUT2D eigenvalue weighted by atomic mass is 35.5. The molecule has 0 bridgehead atoms. The van der Waals surface area contributed by atoms with Crippen LogP contribution in [-0.4, -0.2) is 15.8 Å². The molecule has 0 radical (unpaired) electrons. The molecule has 0 unspecified atom stereocenters. The monoisotopic (exact) mass is 236 g/mol. The minimum absolute atomic E-state index is 0.0808. The molecule has 0 N–H and O–H groups in total. The highest BCUT2D eigenvalue weighted by Gasteiger charge is 2.15. The van der Waals surface area contributed by atoms with Gasteiger partial charge in [-0.2, -0.15) is 0 Å². The van der Waals surface area contributed by atoms with E-state index >= 15 is 0 Å². The Morgan fingerprint density at radius 3 is 2.62 bits per heavy atom. The van der Waals surface area contributed by atoms with Crippen molar-refractivity contribution >= 4 is 17.4 Å². The van der Waals surface area contributed by atoms with E-state index in [4.69, 9.17) is 11.6 Å². The van der Waals surface area contributed by atoms with Gasteiger partial charge in [-0.15, -0.1) is 0 Å². The quantitative estimate of drug-likeness (QED) is 0.753. The molecular weight excluding hydrogens is 231 g/mol. The minimum Gasteiger partial charge on any atom is -0.288 e. The van der Waals surface area contributed by atoms with Crippen molar-refractivity contribution in [2.45, 2.75) is 0 Å². The Morgan fingerprint density at radius 2 is 1.94 bits per heavy atom. The van der Waals surface area contributed by atoms with Crippen LogP contribution >= 0.6 is 11.6 Å². The lowest BCUT2D eigenvalue weighted by Gasteiger charge is -2.02. The summed E-state index contributed by atoms with van der Waals surface area (Å²) >= 11 is 5.59. The maximum absolute atomic E-state index is 13.5. The topological polar surface area (TPSA) is 42.9 Å². The molecule has 0 spiro atoms. The van der Waals surface area contributed by atoms with Crippen LogP contribution in [0.5, 0.6) is 0 Å². The van der Waals surface area contributed by atoms with E-state index in [1.54, 1.807) is 0 Å². The van der Waals surface area contributed by atoms with Gasteiger partial charge in [-0.25, -0.2) is 14.4 Å². The third-order valence-corrected chi connectivity index (χ3v) is 2.31. The van der Waals surface area contributed by atoms with Crippen LogP contribution in [0.4, 0.5) is 4.39 Å². The number of hydrogen-bond donors (Lipinski definition) is 0. The Labute approximate surface area is 95.9 Å². The van der Waals surface area contributed by atoms with Crippen LogP contribution in [-0.2, 0) is 0 Å². The second-order valence-electron chi connectivity index (χ2n) is 3.06. The summed E-state index contributed by atoms with van der Waals surface area (Å²) in [7, 11) is 0. The summed E-state index contributed by atoms with van der Waals surface area (Å²) < 4.78 is 13.5. The maximum atomic E-state index is 13.5. The second-order valence-corrected chi connectivity index (χ2v) is 3.46. The molecule has 0 amide bonds. The Morgan fingerprint density at radius 1 is 1.25 bits per heavy atom. The number of benzene rings is 1. The van der Waals surface area contributed by atoms with Crippen molar-refractivity contribution in [2.24, 2.45) is 0 Å².